The summed E-state index contributed by atoms with van der Waals surface area (Å²) in [5.74, 6) is -0.316. The van der Waals surface area contributed by atoms with Gasteiger partial charge in [-0.3, -0.25) is 9.59 Å². The van der Waals surface area contributed by atoms with Gasteiger partial charge < -0.3 is 5.11 Å². The van der Waals surface area contributed by atoms with Crippen molar-refractivity contribution < 1.29 is 14.7 Å². The molecule has 0 spiro atoms. The lowest BCUT2D eigenvalue weighted by Gasteiger charge is -2.05. The van der Waals surface area contributed by atoms with E-state index in [0.29, 0.717) is 5.75 Å². The molecule has 1 fully saturated rings. The summed E-state index contributed by atoms with van der Waals surface area (Å²) in [6.07, 6.45) is 1.45. The second-order valence-corrected chi connectivity index (χ2v) is 4.02. The molecule has 1 saturated carbocycles. The van der Waals surface area contributed by atoms with E-state index >= 15 is 0 Å². The van der Waals surface area contributed by atoms with E-state index in [1.165, 1.54) is 6.92 Å². The molecule has 4 heteroatoms. The summed E-state index contributed by atoms with van der Waals surface area (Å²) in [6.45, 7) is 1.46. The zero-order valence-electron chi connectivity index (χ0n) is 6.29. The number of aliphatic carboxylic acids is 1. The van der Waals surface area contributed by atoms with Gasteiger partial charge in [-0.2, -0.15) is 0 Å². The number of hydrogen-bond acceptors (Lipinski definition) is 3. The molecule has 0 aromatic heterocycles. The van der Waals surface area contributed by atoms with Crippen molar-refractivity contribution >= 4 is 22.8 Å². The first-order valence-electron chi connectivity index (χ1n) is 3.44. The van der Waals surface area contributed by atoms with Crippen LogP contribution in [-0.2, 0) is 9.59 Å². The van der Waals surface area contributed by atoms with Crippen molar-refractivity contribution in [1.82, 2.24) is 0 Å². The van der Waals surface area contributed by atoms with Crippen molar-refractivity contribution in [2.45, 2.75) is 19.8 Å². The largest absolute Gasteiger partial charge is 0.481 e. The Hall–Kier alpha value is -0.510. The van der Waals surface area contributed by atoms with Crippen LogP contribution in [0.5, 0.6) is 0 Å². The topological polar surface area (TPSA) is 54.4 Å². The first kappa shape index (κ1) is 8.59. The van der Waals surface area contributed by atoms with Crippen LogP contribution in [0.4, 0.5) is 0 Å². The van der Waals surface area contributed by atoms with Crippen molar-refractivity contribution in [3.63, 3.8) is 0 Å². The summed E-state index contributed by atoms with van der Waals surface area (Å²) in [7, 11) is 0. The fraction of sp³-hybridized carbons (Fsp3) is 0.714. The molecule has 0 saturated heterocycles. The molecule has 11 heavy (non-hydrogen) atoms. The monoisotopic (exact) mass is 174 g/mol. The molecule has 1 aliphatic carbocycles. The van der Waals surface area contributed by atoms with Gasteiger partial charge in [-0.25, -0.2) is 0 Å². The molecule has 0 bridgehead atoms. The molecular formula is C7H10O3S. The van der Waals surface area contributed by atoms with Crippen molar-refractivity contribution in [2.24, 2.45) is 5.41 Å². The minimum atomic E-state index is -0.758. The molecule has 1 N–H and O–H groups in total. The van der Waals surface area contributed by atoms with Crippen molar-refractivity contribution in [3.05, 3.63) is 0 Å². The Kier molecular flexibility index (Phi) is 2.23. The van der Waals surface area contributed by atoms with Gasteiger partial charge in [0.1, 0.15) is 0 Å². The lowest BCUT2D eigenvalue weighted by Crippen LogP contribution is -2.17. The van der Waals surface area contributed by atoms with E-state index in [1.54, 1.807) is 0 Å². The van der Waals surface area contributed by atoms with Crippen LogP contribution in [0.2, 0.25) is 0 Å². The SMILES string of the molecule is CC(=O)SCC1(C(=O)O)CC1. The highest BCUT2D eigenvalue weighted by atomic mass is 32.2. The predicted molar refractivity (Wildman–Crippen MR) is 42.4 cm³/mol. The molecule has 62 valence electrons. The third kappa shape index (κ3) is 1.96. The van der Waals surface area contributed by atoms with Crippen LogP contribution in [-0.4, -0.2) is 21.9 Å². The molecule has 1 aliphatic rings. The minimum Gasteiger partial charge on any atom is -0.481 e. The van der Waals surface area contributed by atoms with Crippen LogP contribution in [0.15, 0.2) is 0 Å². The van der Waals surface area contributed by atoms with Gasteiger partial charge in [-0.1, -0.05) is 11.8 Å². The zero-order chi connectivity index (χ0) is 8.48. The average molecular weight is 174 g/mol. The number of carbonyl (C=O) groups is 2. The van der Waals surface area contributed by atoms with Gasteiger partial charge in [-0.15, -0.1) is 0 Å². The van der Waals surface area contributed by atoms with Crippen molar-refractivity contribution in [2.75, 3.05) is 5.75 Å². The second kappa shape index (κ2) is 2.85. The zero-order valence-corrected chi connectivity index (χ0v) is 7.11. The fourth-order valence-corrected chi connectivity index (χ4v) is 1.70. The minimum absolute atomic E-state index is 0.00229. The molecule has 0 heterocycles. The number of carboxylic acids is 1. The molecule has 0 aromatic rings. The average Bonchev–Trinajstić information content (AvgIpc) is 2.63. The van der Waals surface area contributed by atoms with Crippen LogP contribution in [0.3, 0.4) is 0 Å². The summed E-state index contributed by atoms with van der Waals surface area (Å²) in [6, 6.07) is 0. The summed E-state index contributed by atoms with van der Waals surface area (Å²) < 4.78 is 0. The van der Waals surface area contributed by atoms with Gasteiger partial charge in [0.25, 0.3) is 0 Å². The maximum absolute atomic E-state index is 10.6. The van der Waals surface area contributed by atoms with Crippen LogP contribution in [0.1, 0.15) is 19.8 Å². The highest BCUT2D eigenvalue weighted by Crippen LogP contribution is 2.48. The van der Waals surface area contributed by atoms with Gasteiger partial charge in [0.05, 0.1) is 5.41 Å². The van der Waals surface area contributed by atoms with E-state index in [0.717, 1.165) is 24.6 Å². The first-order chi connectivity index (χ1) is 5.07. The summed E-state index contributed by atoms with van der Waals surface area (Å²) in [5.41, 5.74) is -0.559. The Labute approximate surface area is 69.2 Å². The van der Waals surface area contributed by atoms with Crippen LogP contribution >= 0.6 is 11.8 Å². The molecule has 3 nitrogen and oxygen atoms in total. The van der Waals surface area contributed by atoms with Crippen LogP contribution < -0.4 is 0 Å². The van der Waals surface area contributed by atoms with Crippen LogP contribution in [0, 0.1) is 5.41 Å². The molecular weight excluding hydrogens is 164 g/mol. The normalized spacial score (nSPS) is 19.4. The third-order valence-electron chi connectivity index (χ3n) is 1.86. The van der Waals surface area contributed by atoms with Crippen LogP contribution in [0.25, 0.3) is 0 Å². The molecule has 0 atom stereocenters. The van der Waals surface area contributed by atoms with Crippen molar-refractivity contribution in [3.8, 4) is 0 Å². The maximum atomic E-state index is 10.6. The summed E-state index contributed by atoms with van der Waals surface area (Å²) in [4.78, 5) is 21.1. The number of rotatable bonds is 3. The summed E-state index contributed by atoms with van der Waals surface area (Å²) in [5, 5.41) is 8.69. The lowest BCUT2D eigenvalue weighted by atomic mass is 10.1. The standard InChI is InChI=1S/C7H10O3S/c1-5(8)11-4-7(2-3-7)6(9)10/h2-4H2,1H3,(H,9,10). The Balaban J connectivity index is 2.36. The predicted octanol–water partition coefficient (Wildman–Crippen LogP) is 1.13. The smallest absolute Gasteiger partial charge is 0.310 e. The Morgan fingerprint density at radius 2 is 2.09 bits per heavy atom. The fourth-order valence-electron chi connectivity index (χ4n) is 0.811. The molecule has 0 aromatic carbocycles. The lowest BCUT2D eigenvalue weighted by molar-refractivity contribution is -0.142. The molecule has 0 unspecified atom stereocenters. The van der Waals surface area contributed by atoms with Crippen molar-refractivity contribution in [1.29, 1.82) is 0 Å². The van der Waals surface area contributed by atoms with Gasteiger partial charge in [0.2, 0.25) is 0 Å². The third-order valence-corrected chi connectivity index (χ3v) is 2.96. The Morgan fingerprint density at radius 1 is 1.55 bits per heavy atom. The van der Waals surface area contributed by atoms with E-state index in [1.807, 2.05) is 0 Å². The highest BCUT2D eigenvalue weighted by Gasteiger charge is 2.50. The summed E-state index contributed by atoms with van der Waals surface area (Å²) >= 11 is 1.11. The van der Waals surface area contributed by atoms with Gasteiger partial charge in [-0.05, 0) is 12.8 Å². The number of carbonyl (C=O) groups excluding carboxylic acids is 1. The molecule has 1 rings (SSSR count). The van der Waals surface area contributed by atoms with Gasteiger partial charge in [0, 0.05) is 12.7 Å². The highest BCUT2D eigenvalue weighted by molar-refractivity contribution is 8.13. The number of carboxylic acid groups (broad SMARTS) is 1. The number of thioether (sulfide) groups is 1. The van der Waals surface area contributed by atoms with E-state index < -0.39 is 11.4 Å². The van der Waals surface area contributed by atoms with Gasteiger partial charge in [0.15, 0.2) is 5.12 Å². The first-order valence-corrected chi connectivity index (χ1v) is 4.42. The van der Waals surface area contributed by atoms with E-state index in [-0.39, 0.29) is 5.12 Å². The maximum Gasteiger partial charge on any atom is 0.310 e. The molecule has 0 amide bonds. The van der Waals surface area contributed by atoms with E-state index in [2.05, 4.69) is 0 Å². The second-order valence-electron chi connectivity index (χ2n) is 2.87. The van der Waals surface area contributed by atoms with E-state index in [4.69, 9.17) is 5.11 Å². The Morgan fingerprint density at radius 3 is 2.36 bits per heavy atom. The van der Waals surface area contributed by atoms with Gasteiger partial charge >= 0.3 is 5.97 Å². The molecule has 0 aliphatic heterocycles. The Bertz CT molecular complexity index is 196. The van der Waals surface area contributed by atoms with E-state index in [9.17, 15) is 9.59 Å². The number of hydrogen-bond donors (Lipinski definition) is 1. The molecule has 0 radical (unpaired) electrons. The quantitative estimate of drug-likeness (QED) is 0.696.